The van der Waals surface area contributed by atoms with Crippen LogP contribution in [0.5, 0.6) is 11.5 Å². The number of ether oxygens (including phenoxy) is 1. The van der Waals surface area contributed by atoms with Crippen LogP contribution >= 0.6 is 0 Å². The van der Waals surface area contributed by atoms with Crippen LogP contribution in [0.4, 0.5) is 13.2 Å². The van der Waals surface area contributed by atoms with Crippen molar-refractivity contribution in [2.75, 3.05) is 39.8 Å². The summed E-state index contributed by atoms with van der Waals surface area (Å²) in [5, 5.41) is 15.3. The van der Waals surface area contributed by atoms with Crippen LogP contribution in [-0.2, 0) is 27.0 Å². The third-order valence-electron chi connectivity index (χ3n) is 6.67. The van der Waals surface area contributed by atoms with Crippen LogP contribution in [0, 0.1) is 0 Å². The summed E-state index contributed by atoms with van der Waals surface area (Å²) < 4.78 is 44.8. The number of halogens is 3. The molecule has 2 aromatic carbocycles. The summed E-state index contributed by atoms with van der Waals surface area (Å²) >= 11 is 0. The van der Waals surface area contributed by atoms with E-state index in [0.29, 0.717) is 32.4 Å². The second-order valence-corrected chi connectivity index (χ2v) is 10.1. The highest BCUT2D eigenvalue weighted by atomic mass is 19.4. The molecule has 1 heterocycles. The lowest BCUT2D eigenvalue weighted by Crippen LogP contribution is -2.47. The summed E-state index contributed by atoms with van der Waals surface area (Å²) in [4.78, 5) is 53.9. The topological polar surface area (TPSA) is 128 Å². The van der Waals surface area contributed by atoms with Gasteiger partial charge in [-0.05, 0) is 49.9 Å². The van der Waals surface area contributed by atoms with E-state index in [1.165, 1.54) is 47.1 Å². The fourth-order valence-corrected chi connectivity index (χ4v) is 4.46. The number of phenolic OH excluding ortho intramolecular Hbond substituents is 1. The molecule has 3 rings (SSSR count). The van der Waals surface area contributed by atoms with Crippen molar-refractivity contribution >= 4 is 23.6 Å². The van der Waals surface area contributed by atoms with Gasteiger partial charge in [-0.1, -0.05) is 18.2 Å². The summed E-state index contributed by atoms with van der Waals surface area (Å²) in [5.41, 5.74) is -0.513. The number of nitrogens with one attached hydrogen (secondary N) is 2. The molecule has 10 nitrogen and oxygen atoms in total. The second kappa shape index (κ2) is 14.6. The zero-order valence-electron chi connectivity index (χ0n) is 23.5. The minimum atomic E-state index is -4.53. The average Bonchev–Trinajstić information content (AvgIpc) is 2.93. The van der Waals surface area contributed by atoms with E-state index < -0.39 is 36.2 Å². The molecule has 0 aliphatic carbocycles. The van der Waals surface area contributed by atoms with E-state index in [-0.39, 0.29) is 54.0 Å². The lowest BCUT2D eigenvalue weighted by atomic mass is 10.1. The molecule has 0 radical (unpaired) electrons. The number of nitrogens with zero attached hydrogens (tertiary/aromatic N) is 2. The number of alkyl halides is 3. The standard InChI is InChI=1S/C29H35F3N4O6/c1-19-28(41)35(2)10-3-4-11-36(26(39)14-20-7-5-8-22(13-20)29(30,31)32)12-6-9-33-27(40)21-15-23(37)17-24(16-21)42-18-25(38)34-19/h5,7-8,13,15-17,19,37H,3-4,6,9-12,14,18H2,1-2H3,(H,33,40)(H,34,38)/t19-/m0/s1. The molecule has 4 amide bonds. The van der Waals surface area contributed by atoms with Gasteiger partial charge in [0.2, 0.25) is 11.8 Å². The third-order valence-corrected chi connectivity index (χ3v) is 6.67. The van der Waals surface area contributed by atoms with Gasteiger partial charge >= 0.3 is 6.18 Å². The van der Waals surface area contributed by atoms with Crippen LogP contribution in [0.2, 0.25) is 0 Å². The summed E-state index contributed by atoms with van der Waals surface area (Å²) in [5.74, 6) is -1.95. The number of fused-ring (bicyclic) bond motifs is 2. The number of carbonyl (C=O) groups is 4. The van der Waals surface area contributed by atoms with Gasteiger partial charge in [-0.3, -0.25) is 19.2 Å². The molecule has 0 aromatic heterocycles. The summed E-state index contributed by atoms with van der Waals surface area (Å²) in [6.45, 7) is 2.17. The Morgan fingerprint density at radius 1 is 1.05 bits per heavy atom. The Morgan fingerprint density at radius 3 is 2.50 bits per heavy atom. The Labute approximate surface area is 241 Å². The first kappa shape index (κ1) is 32.2. The first-order valence-electron chi connectivity index (χ1n) is 13.6. The molecule has 42 heavy (non-hydrogen) atoms. The number of hydrogen-bond donors (Lipinski definition) is 3. The van der Waals surface area contributed by atoms with Gasteiger partial charge in [0.25, 0.3) is 11.8 Å². The number of rotatable bonds is 2. The highest BCUT2D eigenvalue weighted by molar-refractivity contribution is 5.95. The molecule has 2 bridgehead atoms. The Balaban J connectivity index is 1.75. The van der Waals surface area contributed by atoms with Crippen LogP contribution in [0.25, 0.3) is 0 Å². The largest absolute Gasteiger partial charge is 0.508 e. The summed E-state index contributed by atoms with van der Waals surface area (Å²) in [7, 11) is 1.60. The zero-order chi connectivity index (χ0) is 30.9. The summed E-state index contributed by atoms with van der Waals surface area (Å²) in [6, 6.07) is 7.62. The normalized spacial score (nSPS) is 18.5. The zero-order valence-corrected chi connectivity index (χ0v) is 23.5. The predicted molar refractivity (Wildman–Crippen MR) is 147 cm³/mol. The van der Waals surface area contributed by atoms with Crippen molar-refractivity contribution in [1.29, 1.82) is 0 Å². The van der Waals surface area contributed by atoms with Gasteiger partial charge in [0.1, 0.15) is 17.5 Å². The molecular formula is C29H35F3N4O6. The number of benzene rings is 2. The van der Waals surface area contributed by atoms with Crippen molar-refractivity contribution in [1.82, 2.24) is 20.4 Å². The van der Waals surface area contributed by atoms with E-state index in [4.69, 9.17) is 4.74 Å². The van der Waals surface area contributed by atoms with E-state index in [1.807, 2.05) is 0 Å². The molecule has 2 aromatic rings. The van der Waals surface area contributed by atoms with E-state index in [2.05, 4.69) is 10.6 Å². The van der Waals surface area contributed by atoms with Crippen LogP contribution in [0.3, 0.4) is 0 Å². The van der Waals surface area contributed by atoms with E-state index in [0.717, 1.165) is 12.1 Å². The fraction of sp³-hybridized carbons (Fsp3) is 0.448. The van der Waals surface area contributed by atoms with Crippen molar-refractivity contribution in [2.24, 2.45) is 0 Å². The van der Waals surface area contributed by atoms with Crippen LogP contribution in [-0.4, -0.2) is 84.4 Å². The first-order valence-corrected chi connectivity index (χ1v) is 13.6. The molecule has 3 N–H and O–H groups in total. The first-order chi connectivity index (χ1) is 19.8. The van der Waals surface area contributed by atoms with Crippen molar-refractivity contribution in [3.63, 3.8) is 0 Å². The molecule has 0 spiro atoms. The van der Waals surface area contributed by atoms with Gasteiger partial charge in [0.05, 0.1) is 12.0 Å². The number of hydrogen-bond acceptors (Lipinski definition) is 6. The Hall–Kier alpha value is -4.29. The third kappa shape index (κ3) is 9.67. The average molecular weight is 593 g/mol. The van der Waals surface area contributed by atoms with Gasteiger partial charge in [0, 0.05) is 44.9 Å². The maximum absolute atomic E-state index is 13.1. The number of aromatic hydroxyl groups is 1. The van der Waals surface area contributed by atoms with Crippen molar-refractivity contribution < 1.29 is 42.2 Å². The number of amides is 4. The van der Waals surface area contributed by atoms with Crippen molar-refractivity contribution in [2.45, 2.75) is 44.8 Å². The monoisotopic (exact) mass is 592 g/mol. The van der Waals surface area contributed by atoms with Crippen molar-refractivity contribution in [3.8, 4) is 11.5 Å². The lowest BCUT2D eigenvalue weighted by molar-refractivity contribution is -0.138. The molecule has 228 valence electrons. The van der Waals surface area contributed by atoms with Crippen LogP contribution in [0.1, 0.15) is 47.7 Å². The predicted octanol–water partition coefficient (Wildman–Crippen LogP) is 2.74. The van der Waals surface area contributed by atoms with E-state index in [9.17, 15) is 37.5 Å². The summed E-state index contributed by atoms with van der Waals surface area (Å²) in [6.07, 6.45) is -3.34. The number of carbonyl (C=O) groups excluding carboxylic acids is 4. The quantitative estimate of drug-likeness (QED) is 0.492. The minimum Gasteiger partial charge on any atom is -0.508 e. The Kier molecular flexibility index (Phi) is 11.2. The van der Waals surface area contributed by atoms with Gasteiger partial charge in [0.15, 0.2) is 6.61 Å². The number of likely N-dealkylation sites (N-methyl/N-ethyl adjacent to an activating group) is 1. The maximum Gasteiger partial charge on any atom is 0.416 e. The van der Waals surface area contributed by atoms with E-state index >= 15 is 0 Å². The molecule has 1 aliphatic heterocycles. The lowest BCUT2D eigenvalue weighted by Gasteiger charge is -2.25. The molecule has 1 atom stereocenters. The van der Waals surface area contributed by atoms with E-state index in [1.54, 1.807) is 7.05 Å². The minimum absolute atomic E-state index is 0.0761. The Morgan fingerprint density at radius 2 is 1.76 bits per heavy atom. The molecule has 0 fully saturated rings. The van der Waals surface area contributed by atoms with Gasteiger partial charge in [-0.25, -0.2) is 0 Å². The number of phenols is 1. The highest BCUT2D eigenvalue weighted by Crippen LogP contribution is 2.29. The molecule has 0 saturated heterocycles. The van der Waals surface area contributed by atoms with Crippen LogP contribution < -0.4 is 15.4 Å². The highest BCUT2D eigenvalue weighted by Gasteiger charge is 2.30. The van der Waals surface area contributed by atoms with Crippen LogP contribution in [0.15, 0.2) is 42.5 Å². The Bertz CT molecular complexity index is 1290. The second-order valence-electron chi connectivity index (χ2n) is 10.1. The fourth-order valence-electron chi connectivity index (χ4n) is 4.46. The molecule has 0 saturated carbocycles. The van der Waals surface area contributed by atoms with Gasteiger partial charge in [-0.2, -0.15) is 13.2 Å². The van der Waals surface area contributed by atoms with Crippen molar-refractivity contribution in [3.05, 3.63) is 59.2 Å². The maximum atomic E-state index is 13.1. The molecule has 0 unspecified atom stereocenters. The van der Waals surface area contributed by atoms with Gasteiger partial charge in [-0.15, -0.1) is 0 Å². The molecule has 13 heteroatoms. The van der Waals surface area contributed by atoms with Gasteiger partial charge < -0.3 is 30.3 Å². The molecular weight excluding hydrogens is 557 g/mol. The molecule has 1 aliphatic rings. The smallest absolute Gasteiger partial charge is 0.416 e. The SMILES string of the molecule is C[C@@H]1NC(=O)COc2cc(O)cc(c2)C(=O)NCCCN(C(=O)Cc2cccc(C(F)(F)F)c2)CCCCN(C)C1=O.